The van der Waals surface area contributed by atoms with Crippen LogP contribution < -0.4 is 10.9 Å². The molecule has 1 aromatic rings. The van der Waals surface area contributed by atoms with Crippen LogP contribution in [0.4, 0.5) is 5.69 Å². The quantitative estimate of drug-likeness (QED) is 0.728. The SMILES string of the molecule is COCCNc1cnn(CCOC)c(=O)c1Cl. The Morgan fingerprint density at radius 2 is 2.12 bits per heavy atom. The highest BCUT2D eigenvalue weighted by molar-refractivity contribution is 6.32. The number of methoxy groups -OCH3 is 2. The number of nitrogens with zero attached hydrogens (tertiary/aromatic N) is 2. The maximum atomic E-state index is 11.8. The first-order chi connectivity index (χ1) is 8.20. The highest BCUT2D eigenvalue weighted by Gasteiger charge is 2.08. The topological polar surface area (TPSA) is 65.4 Å². The average molecular weight is 262 g/mol. The third-order valence-corrected chi connectivity index (χ3v) is 2.48. The summed E-state index contributed by atoms with van der Waals surface area (Å²) in [4.78, 5) is 11.8. The first-order valence-electron chi connectivity index (χ1n) is 5.18. The molecular formula is C10H16ClN3O3. The zero-order valence-electron chi connectivity index (χ0n) is 9.90. The zero-order chi connectivity index (χ0) is 12.7. The number of nitrogens with one attached hydrogen (secondary N) is 1. The van der Waals surface area contributed by atoms with Crippen LogP contribution in [0.15, 0.2) is 11.0 Å². The molecule has 1 heterocycles. The van der Waals surface area contributed by atoms with Crippen LogP contribution in [0.3, 0.4) is 0 Å². The molecule has 1 rings (SSSR count). The molecule has 0 radical (unpaired) electrons. The van der Waals surface area contributed by atoms with E-state index in [4.69, 9.17) is 21.1 Å². The van der Waals surface area contributed by atoms with Gasteiger partial charge in [-0.1, -0.05) is 11.6 Å². The van der Waals surface area contributed by atoms with Crippen molar-refractivity contribution < 1.29 is 9.47 Å². The van der Waals surface area contributed by atoms with Gasteiger partial charge in [-0.15, -0.1) is 0 Å². The summed E-state index contributed by atoms with van der Waals surface area (Å²) >= 11 is 5.94. The molecule has 0 fully saturated rings. The second-order valence-electron chi connectivity index (χ2n) is 3.31. The van der Waals surface area contributed by atoms with Crippen molar-refractivity contribution in [2.75, 3.05) is 39.3 Å². The fraction of sp³-hybridized carbons (Fsp3) is 0.600. The Labute approximate surface area is 104 Å². The van der Waals surface area contributed by atoms with Crippen molar-refractivity contribution in [2.45, 2.75) is 6.54 Å². The molecule has 0 saturated carbocycles. The number of hydrogen-bond donors (Lipinski definition) is 1. The lowest BCUT2D eigenvalue weighted by Crippen LogP contribution is -2.26. The summed E-state index contributed by atoms with van der Waals surface area (Å²) in [5, 5.41) is 7.10. The standard InChI is InChI=1S/C10H16ClN3O3/c1-16-5-3-12-8-7-13-14(4-6-17-2)10(15)9(8)11/h7,12H,3-6H2,1-2H3. The van der Waals surface area contributed by atoms with Gasteiger partial charge < -0.3 is 14.8 Å². The molecule has 96 valence electrons. The molecule has 0 atom stereocenters. The van der Waals surface area contributed by atoms with Crippen LogP contribution in [0.2, 0.25) is 5.02 Å². The van der Waals surface area contributed by atoms with E-state index in [0.717, 1.165) is 0 Å². The summed E-state index contributed by atoms with van der Waals surface area (Å²) in [5.74, 6) is 0. The Morgan fingerprint density at radius 3 is 2.76 bits per heavy atom. The van der Waals surface area contributed by atoms with Crippen molar-refractivity contribution in [1.82, 2.24) is 9.78 Å². The zero-order valence-corrected chi connectivity index (χ0v) is 10.7. The fourth-order valence-corrected chi connectivity index (χ4v) is 1.43. The van der Waals surface area contributed by atoms with Crippen LogP contribution in [0, 0.1) is 0 Å². The van der Waals surface area contributed by atoms with Crippen molar-refractivity contribution in [3.63, 3.8) is 0 Å². The van der Waals surface area contributed by atoms with E-state index in [-0.39, 0.29) is 10.6 Å². The minimum Gasteiger partial charge on any atom is -0.383 e. The molecule has 0 spiro atoms. The van der Waals surface area contributed by atoms with Crippen molar-refractivity contribution in [2.24, 2.45) is 0 Å². The third kappa shape index (κ3) is 3.99. The van der Waals surface area contributed by atoms with E-state index in [0.29, 0.717) is 32.0 Å². The molecule has 0 saturated heterocycles. The van der Waals surface area contributed by atoms with E-state index in [1.807, 2.05) is 0 Å². The highest BCUT2D eigenvalue weighted by Crippen LogP contribution is 2.14. The Balaban J connectivity index is 2.76. The highest BCUT2D eigenvalue weighted by atomic mass is 35.5. The van der Waals surface area contributed by atoms with Crippen LogP contribution in [-0.4, -0.2) is 43.8 Å². The summed E-state index contributed by atoms with van der Waals surface area (Å²) < 4.78 is 11.0. The minimum absolute atomic E-state index is 0.132. The van der Waals surface area contributed by atoms with Crippen molar-refractivity contribution in [1.29, 1.82) is 0 Å². The van der Waals surface area contributed by atoms with Gasteiger partial charge in [-0.2, -0.15) is 5.10 Å². The lowest BCUT2D eigenvalue weighted by atomic mass is 10.4. The van der Waals surface area contributed by atoms with Gasteiger partial charge in [-0.25, -0.2) is 4.68 Å². The molecule has 0 bridgehead atoms. The molecule has 0 aromatic carbocycles. The Morgan fingerprint density at radius 1 is 1.41 bits per heavy atom. The Bertz CT molecular complexity index is 408. The molecular weight excluding hydrogens is 246 g/mol. The van der Waals surface area contributed by atoms with E-state index in [9.17, 15) is 4.79 Å². The second kappa shape index (κ2) is 7.26. The molecule has 1 N–H and O–H groups in total. The van der Waals surface area contributed by atoms with Crippen molar-refractivity contribution >= 4 is 17.3 Å². The predicted octanol–water partition coefficient (Wildman–Crippen LogP) is 0.601. The van der Waals surface area contributed by atoms with Gasteiger partial charge in [0, 0.05) is 20.8 Å². The molecule has 0 aliphatic heterocycles. The summed E-state index contributed by atoms with van der Waals surface area (Å²) in [6.07, 6.45) is 1.52. The first-order valence-corrected chi connectivity index (χ1v) is 5.56. The van der Waals surface area contributed by atoms with Gasteiger partial charge in [0.05, 0.1) is 31.6 Å². The number of rotatable bonds is 7. The van der Waals surface area contributed by atoms with Crippen LogP contribution in [0.5, 0.6) is 0 Å². The smallest absolute Gasteiger partial charge is 0.287 e. The summed E-state index contributed by atoms with van der Waals surface area (Å²) in [5.41, 5.74) is 0.188. The first kappa shape index (κ1) is 14.0. The largest absolute Gasteiger partial charge is 0.383 e. The van der Waals surface area contributed by atoms with Gasteiger partial charge in [-0.05, 0) is 0 Å². The average Bonchev–Trinajstić information content (AvgIpc) is 2.34. The number of ether oxygens (including phenoxy) is 2. The fourth-order valence-electron chi connectivity index (χ4n) is 1.21. The predicted molar refractivity (Wildman–Crippen MR) is 65.7 cm³/mol. The van der Waals surface area contributed by atoms with Crippen molar-refractivity contribution in [3.8, 4) is 0 Å². The normalized spacial score (nSPS) is 10.5. The number of anilines is 1. The molecule has 17 heavy (non-hydrogen) atoms. The van der Waals surface area contributed by atoms with E-state index in [2.05, 4.69) is 10.4 Å². The van der Waals surface area contributed by atoms with Gasteiger partial charge in [-0.3, -0.25) is 4.79 Å². The molecule has 0 unspecified atom stereocenters. The molecule has 1 aromatic heterocycles. The van der Waals surface area contributed by atoms with E-state index >= 15 is 0 Å². The van der Waals surface area contributed by atoms with Crippen LogP contribution in [-0.2, 0) is 16.0 Å². The number of hydrogen-bond acceptors (Lipinski definition) is 5. The number of aromatic nitrogens is 2. The third-order valence-electron chi connectivity index (χ3n) is 2.11. The lowest BCUT2D eigenvalue weighted by Gasteiger charge is -2.09. The van der Waals surface area contributed by atoms with Crippen LogP contribution >= 0.6 is 11.6 Å². The van der Waals surface area contributed by atoms with Crippen molar-refractivity contribution in [3.05, 3.63) is 21.6 Å². The van der Waals surface area contributed by atoms with Gasteiger partial charge in [0.15, 0.2) is 0 Å². The number of halogens is 1. The van der Waals surface area contributed by atoms with E-state index in [1.54, 1.807) is 14.2 Å². The summed E-state index contributed by atoms with van der Waals surface area (Å²) in [7, 11) is 3.16. The molecule has 7 heteroatoms. The molecule has 6 nitrogen and oxygen atoms in total. The molecule has 0 amide bonds. The second-order valence-corrected chi connectivity index (χ2v) is 3.69. The molecule has 0 aliphatic carbocycles. The van der Waals surface area contributed by atoms with Gasteiger partial charge >= 0.3 is 0 Å². The monoisotopic (exact) mass is 261 g/mol. The minimum atomic E-state index is -0.328. The summed E-state index contributed by atoms with van der Waals surface area (Å²) in [6.45, 7) is 1.90. The maximum Gasteiger partial charge on any atom is 0.287 e. The Kier molecular flexibility index (Phi) is 5.96. The van der Waals surface area contributed by atoms with E-state index in [1.165, 1.54) is 10.9 Å². The van der Waals surface area contributed by atoms with Gasteiger partial charge in [0.25, 0.3) is 5.56 Å². The Hall–Kier alpha value is -1.11. The molecule has 0 aliphatic rings. The van der Waals surface area contributed by atoms with E-state index < -0.39 is 0 Å². The summed E-state index contributed by atoms with van der Waals surface area (Å²) in [6, 6.07) is 0. The van der Waals surface area contributed by atoms with Crippen LogP contribution in [0.25, 0.3) is 0 Å². The van der Waals surface area contributed by atoms with Gasteiger partial charge in [0.2, 0.25) is 0 Å². The maximum absolute atomic E-state index is 11.8. The van der Waals surface area contributed by atoms with Gasteiger partial charge in [0.1, 0.15) is 5.02 Å². The van der Waals surface area contributed by atoms with Crippen LogP contribution in [0.1, 0.15) is 0 Å². The lowest BCUT2D eigenvalue weighted by molar-refractivity contribution is 0.182.